The first-order valence-corrected chi connectivity index (χ1v) is 5.57. The van der Waals surface area contributed by atoms with Gasteiger partial charge in [-0.2, -0.15) is 4.98 Å². The number of rotatable bonds is 4. The molecule has 2 N–H and O–H groups in total. The van der Waals surface area contributed by atoms with Crippen LogP contribution in [0.3, 0.4) is 0 Å². The monoisotopic (exact) mass is 249 g/mol. The molecule has 2 aromatic heterocycles. The van der Waals surface area contributed by atoms with Crippen molar-refractivity contribution in [1.82, 2.24) is 20.1 Å². The lowest BCUT2D eigenvalue weighted by Crippen LogP contribution is -2.16. The number of nitrogens with two attached hydrogens (primary N) is 1. The van der Waals surface area contributed by atoms with Crippen molar-refractivity contribution in [2.75, 3.05) is 7.11 Å². The summed E-state index contributed by atoms with van der Waals surface area (Å²) in [5.74, 6) is 1.44. The Morgan fingerprint density at radius 1 is 1.33 bits per heavy atom. The molecule has 0 fully saturated rings. The fourth-order valence-electron chi connectivity index (χ4n) is 1.33. The minimum Gasteiger partial charge on any atom is -0.481 e. The Morgan fingerprint density at radius 2 is 2.11 bits per heavy atom. The number of ether oxygens (including phenoxy) is 1. The molecule has 0 aliphatic carbocycles. The van der Waals surface area contributed by atoms with Crippen molar-refractivity contribution in [3.8, 4) is 17.4 Å². The van der Waals surface area contributed by atoms with Crippen molar-refractivity contribution in [2.45, 2.75) is 19.9 Å². The maximum Gasteiger partial charge on any atom is 0.244 e. The summed E-state index contributed by atoms with van der Waals surface area (Å²) in [4.78, 5) is 12.2. The molecule has 0 aromatic carbocycles. The molecule has 0 amide bonds. The van der Waals surface area contributed by atoms with Gasteiger partial charge in [0.05, 0.1) is 13.2 Å². The lowest BCUT2D eigenvalue weighted by molar-refractivity contribution is 0.325. The van der Waals surface area contributed by atoms with E-state index in [4.69, 9.17) is 15.0 Å². The van der Waals surface area contributed by atoms with Crippen LogP contribution in [0.15, 0.2) is 16.9 Å². The van der Waals surface area contributed by atoms with E-state index in [0.29, 0.717) is 23.3 Å². The van der Waals surface area contributed by atoms with Crippen LogP contribution in [-0.4, -0.2) is 27.2 Å². The number of aromatic nitrogens is 4. The highest BCUT2D eigenvalue weighted by Crippen LogP contribution is 2.21. The van der Waals surface area contributed by atoms with Gasteiger partial charge < -0.3 is 15.0 Å². The summed E-state index contributed by atoms with van der Waals surface area (Å²) in [6.07, 6.45) is 1.38. The molecule has 0 radical (unpaired) electrons. The van der Waals surface area contributed by atoms with Gasteiger partial charge in [-0.3, -0.25) is 0 Å². The Morgan fingerprint density at radius 3 is 2.78 bits per heavy atom. The highest BCUT2D eigenvalue weighted by atomic mass is 16.5. The van der Waals surface area contributed by atoms with E-state index in [2.05, 4.69) is 20.1 Å². The SMILES string of the molecule is COc1cc(-c2noc([C@H](N)C(C)C)n2)ncn1. The van der Waals surface area contributed by atoms with Crippen molar-refractivity contribution < 1.29 is 9.26 Å². The van der Waals surface area contributed by atoms with Gasteiger partial charge in [-0.15, -0.1) is 0 Å². The molecule has 0 aliphatic rings. The zero-order valence-corrected chi connectivity index (χ0v) is 10.5. The Balaban J connectivity index is 2.29. The molecule has 96 valence electrons. The van der Waals surface area contributed by atoms with Gasteiger partial charge in [-0.25, -0.2) is 9.97 Å². The zero-order chi connectivity index (χ0) is 13.1. The summed E-state index contributed by atoms with van der Waals surface area (Å²) < 4.78 is 10.1. The van der Waals surface area contributed by atoms with E-state index in [9.17, 15) is 0 Å². The molecular weight excluding hydrogens is 234 g/mol. The van der Waals surface area contributed by atoms with E-state index in [1.807, 2.05) is 13.8 Å². The molecular formula is C11H15N5O2. The van der Waals surface area contributed by atoms with Gasteiger partial charge in [0.2, 0.25) is 17.6 Å². The zero-order valence-electron chi connectivity index (χ0n) is 10.5. The molecule has 2 aromatic rings. The van der Waals surface area contributed by atoms with E-state index < -0.39 is 0 Å². The van der Waals surface area contributed by atoms with Crippen molar-refractivity contribution in [2.24, 2.45) is 11.7 Å². The number of nitrogens with zero attached hydrogens (tertiary/aromatic N) is 4. The quantitative estimate of drug-likeness (QED) is 0.868. The molecule has 0 unspecified atom stereocenters. The lowest BCUT2D eigenvalue weighted by atomic mass is 10.1. The van der Waals surface area contributed by atoms with Crippen molar-refractivity contribution in [1.29, 1.82) is 0 Å². The maximum atomic E-state index is 5.93. The number of hydrogen-bond acceptors (Lipinski definition) is 7. The van der Waals surface area contributed by atoms with E-state index >= 15 is 0 Å². The molecule has 2 rings (SSSR count). The van der Waals surface area contributed by atoms with Gasteiger partial charge in [-0.05, 0) is 5.92 Å². The summed E-state index contributed by atoms with van der Waals surface area (Å²) in [5.41, 5.74) is 6.47. The molecule has 0 saturated heterocycles. The van der Waals surface area contributed by atoms with Gasteiger partial charge >= 0.3 is 0 Å². The maximum absolute atomic E-state index is 5.93. The van der Waals surface area contributed by atoms with Gasteiger partial charge in [0, 0.05) is 6.07 Å². The van der Waals surface area contributed by atoms with E-state index in [1.54, 1.807) is 6.07 Å². The van der Waals surface area contributed by atoms with Gasteiger partial charge in [-0.1, -0.05) is 19.0 Å². The molecule has 1 atom stereocenters. The second kappa shape index (κ2) is 5.09. The van der Waals surface area contributed by atoms with Crippen LogP contribution >= 0.6 is 0 Å². The topological polar surface area (TPSA) is 100.0 Å². The summed E-state index contributed by atoms with van der Waals surface area (Å²) in [5, 5.41) is 3.85. The first-order chi connectivity index (χ1) is 8.61. The van der Waals surface area contributed by atoms with E-state index in [-0.39, 0.29) is 12.0 Å². The minimum absolute atomic E-state index is 0.221. The summed E-state index contributed by atoms with van der Waals surface area (Å²) in [6.45, 7) is 3.98. The highest BCUT2D eigenvalue weighted by Gasteiger charge is 2.19. The van der Waals surface area contributed by atoms with Crippen LogP contribution in [0.25, 0.3) is 11.5 Å². The predicted molar refractivity (Wildman–Crippen MR) is 63.6 cm³/mol. The van der Waals surface area contributed by atoms with Crippen LogP contribution in [0.1, 0.15) is 25.8 Å². The Bertz CT molecular complexity index is 526. The Hall–Kier alpha value is -2.02. The normalized spacial score (nSPS) is 12.7. The third-order valence-electron chi connectivity index (χ3n) is 2.53. The largest absolute Gasteiger partial charge is 0.481 e. The smallest absolute Gasteiger partial charge is 0.244 e. The summed E-state index contributed by atoms with van der Waals surface area (Å²) >= 11 is 0. The van der Waals surface area contributed by atoms with Crippen molar-refractivity contribution in [3.63, 3.8) is 0 Å². The van der Waals surface area contributed by atoms with Crippen LogP contribution in [0.2, 0.25) is 0 Å². The van der Waals surface area contributed by atoms with E-state index in [1.165, 1.54) is 13.4 Å². The third kappa shape index (κ3) is 2.45. The summed E-state index contributed by atoms with van der Waals surface area (Å²) in [6, 6.07) is 1.35. The van der Waals surface area contributed by atoms with E-state index in [0.717, 1.165) is 0 Å². The van der Waals surface area contributed by atoms with Crippen LogP contribution in [0, 0.1) is 5.92 Å². The van der Waals surface area contributed by atoms with Crippen LogP contribution in [-0.2, 0) is 0 Å². The Kier molecular flexibility index (Phi) is 3.52. The minimum atomic E-state index is -0.282. The van der Waals surface area contributed by atoms with Crippen LogP contribution in [0.5, 0.6) is 5.88 Å². The highest BCUT2D eigenvalue weighted by molar-refractivity contribution is 5.49. The second-order valence-electron chi connectivity index (χ2n) is 4.17. The first-order valence-electron chi connectivity index (χ1n) is 5.57. The van der Waals surface area contributed by atoms with Crippen LogP contribution in [0.4, 0.5) is 0 Å². The number of hydrogen-bond donors (Lipinski definition) is 1. The number of methoxy groups -OCH3 is 1. The molecule has 7 nitrogen and oxygen atoms in total. The van der Waals surface area contributed by atoms with Gasteiger partial charge in [0.1, 0.15) is 12.0 Å². The molecule has 2 heterocycles. The average Bonchev–Trinajstić information content (AvgIpc) is 2.87. The molecule has 0 bridgehead atoms. The lowest BCUT2D eigenvalue weighted by Gasteiger charge is -2.09. The third-order valence-corrected chi connectivity index (χ3v) is 2.53. The first kappa shape index (κ1) is 12.4. The molecule has 7 heteroatoms. The van der Waals surface area contributed by atoms with Crippen molar-refractivity contribution in [3.05, 3.63) is 18.3 Å². The average molecular weight is 249 g/mol. The molecule has 0 spiro atoms. The second-order valence-corrected chi connectivity index (χ2v) is 4.17. The predicted octanol–water partition coefficient (Wildman–Crippen LogP) is 1.19. The standard InChI is InChI=1S/C11H15N5O2/c1-6(2)9(12)11-15-10(16-18-11)7-4-8(17-3)14-5-13-7/h4-6,9H,12H2,1-3H3/t9-/m1/s1. The van der Waals surface area contributed by atoms with Crippen molar-refractivity contribution >= 4 is 0 Å². The Labute approximate surface area is 104 Å². The molecule has 0 saturated carbocycles. The molecule has 18 heavy (non-hydrogen) atoms. The van der Waals surface area contributed by atoms with Crippen LogP contribution < -0.4 is 10.5 Å². The molecule has 0 aliphatic heterocycles. The summed E-state index contributed by atoms with van der Waals surface area (Å²) in [7, 11) is 1.53. The van der Waals surface area contributed by atoms with Gasteiger partial charge in [0.25, 0.3) is 0 Å². The fourth-order valence-corrected chi connectivity index (χ4v) is 1.33. The van der Waals surface area contributed by atoms with Gasteiger partial charge in [0.15, 0.2) is 0 Å². The fraction of sp³-hybridized carbons (Fsp3) is 0.455.